The van der Waals surface area contributed by atoms with Crippen LogP contribution in [-0.2, 0) is 0 Å². The minimum absolute atomic E-state index is 0.474. The van der Waals surface area contributed by atoms with Crippen LogP contribution in [0.25, 0.3) is 16.7 Å². The molecule has 2 aromatic carbocycles. The van der Waals surface area contributed by atoms with E-state index < -0.39 is 0 Å². The number of nitrogen functional groups attached to an aromatic ring is 1. The number of rotatable bonds is 1. The van der Waals surface area contributed by atoms with Gasteiger partial charge in [-0.3, -0.25) is 4.57 Å². The van der Waals surface area contributed by atoms with E-state index in [1.165, 1.54) is 11.1 Å². The van der Waals surface area contributed by atoms with Crippen LogP contribution < -0.4 is 5.73 Å². The fourth-order valence-electron chi connectivity index (χ4n) is 2.42. The normalized spacial score (nSPS) is 11.1. The number of nitrogens with zero attached hydrogens (tertiary/aromatic N) is 2. The smallest absolute Gasteiger partial charge is 0.205 e. The van der Waals surface area contributed by atoms with Gasteiger partial charge in [0, 0.05) is 10.7 Å². The van der Waals surface area contributed by atoms with Gasteiger partial charge in [-0.25, -0.2) is 4.98 Å². The van der Waals surface area contributed by atoms with Gasteiger partial charge in [0.05, 0.1) is 11.0 Å². The fraction of sp³-hybridized carbons (Fsp3) is 0.133. The molecular weight excluding hydrogens is 258 g/mol. The Morgan fingerprint density at radius 1 is 1.05 bits per heavy atom. The third-order valence-electron chi connectivity index (χ3n) is 3.11. The first-order valence-electron chi connectivity index (χ1n) is 6.07. The van der Waals surface area contributed by atoms with E-state index in [4.69, 9.17) is 17.3 Å². The topological polar surface area (TPSA) is 43.8 Å². The van der Waals surface area contributed by atoms with Crippen molar-refractivity contribution in [3.05, 3.63) is 52.5 Å². The van der Waals surface area contributed by atoms with Gasteiger partial charge in [0.2, 0.25) is 5.95 Å². The van der Waals surface area contributed by atoms with Gasteiger partial charge in [-0.2, -0.15) is 0 Å². The summed E-state index contributed by atoms with van der Waals surface area (Å²) in [7, 11) is 0. The maximum Gasteiger partial charge on any atom is 0.205 e. The Morgan fingerprint density at radius 2 is 1.74 bits per heavy atom. The highest BCUT2D eigenvalue weighted by molar-refractivity contribution is 6.31. The van der Waals surface area contributed by atoms with Gasteiger partial charge < -0.3 is 5.73 Å². The summed E-state index contributed by atoms with van der Waals surface area (Å²) in [6.45, 7) is 4.14. The van der Waals surface area contributed by atoms with Gasteiger partial charge in [-0.15, -0.1) is 0 Å². The summed E-state index contributed by atoms with van der Waals surface area (Å²) in [4.78, 5) is 4.37. The van der Waals surface area contributed by atoms with E-state index in [1.807, 2.05) is 22.8 Å². The molecule has 1 heterocycles. The number of anilines is 1. The molecule has 0 saturated heterocycles. The number of hydrogen-bond donors (Lipinski definition) is 1. The van der Waals surface area contributed by atoms with Gasteiger partial charge in [0.15, 0.2) is 0 Å². The van der Waals surface area contributed by atoms with E-state index in [9.17, 15) is 0 Å². The van der Waals surface area contributed by atoms with Crippen LogP contribution in [0.15, 0.2) is 36.4 Å². The molecule has 96 valence electrons. The summed E-state index contributed by atoms with van der Waals surface area (Å²) in [6, 6.07) is 11.9. The summed E-state index contributed by atoms with van der Waals surface area (Å²) >= 11 is 6.07. The molecule has 3 rings (SSSR count). The Labute approximate surface area is 116 Å². The number of benzene rings is 2. The molecule has 1 aromatic heterocycles. The lowest BCUT2D eigenvalue weighted by atomic mass is 10.1. The Bertz CT molecular complexity index is 754. The predicted molar refractivity (Wildman–Crippen MR) is 80.0 cm³/mol. The van der Waals surface area contributed by atoms with Crippen molar-refractivity contribution in [2.24, 2.45) is 0 Å². The quantitative estimate of drug-likeness (QED) is 0.730. The molecule has 0 aliphatic rings. The lowest BCUT2D eigenvalue weighted by Crippen LogP contribution is -2.01. The first kappa shape index (κ1) is 12.1. The second-order valence-electron chi connectivity index (χ2n) is 4.78. The second-order valence-corrected chi connectivity index (χ2v) is 5.22. The predicted octanol–water partition coefficient (Wildman–Crippen LogP) is 3.88. The molecule has 4 heteroatoms. The molecule has 0 bridgehead atoms. The van der Waals surface area contributed by atoms with E-state index in [0.717, 1.165) is 16.7 Å². The summed E-state index contributed by atoms with van der Waals surface area (Å²) in [5.41, 5.74) is 11.2. The zero-order valence-electron chi connectivity index (χ0n) is 10.8. The first-order valence-corrected chi connectivity index (χ1v) is 6.44. The summed E-state index contributed by atoms with van der Waals surface area (Å²) in [6.07, 6.45) is 0. The summed E-state index contributed by atoms with van der Waals surface area (Å²) < 4.78 is 1.93. The highest BCUT2D eigenvalue weighted by atomic mass is 35.5. The molecular formula is C15H14ClN3. The molecule has 0 atom stereocenters. The van der Waals surface area contributed by atoms with Crippen LogP contribution in [0.1, 0.15) is 11.1 Å². The molecule has 0 aliphatic heterocycles. The van der Waals surface area contributed by atoms with Gasteiger partial charge in [-0.1, -0.05) is 17.7 Å². The van der Waals surface area contributed by atoms with Crippen molar-refractivity contribution in [3.8, 4) is 5.69 Å². The minimum Gasteiger partial charge on any atom is -0.369 e. The van der Waals surface area contributed by atoms with Crippen molar-refractivity contribution in [3.63, 3.8) is 0 Å². The monoisotopic (exact) mass is 271 g/mol. The van der Waals surface area contributed by atoms with Crippen molar-refractivity contribution >= 4 is 28.6 Å². The Hall–Kier alpha value is -2.00. The van der Waals surface area contributed by atoms with Gasteiger partial charge in [0.25, 0.3) is 0 Å². The number of imidazole rings is 1. The van der Waals surface area contributed by atoms with Crippen molar-refractivity contribution < 1.29 is 0 Å². The fourth-order valence-corrected chi connectivity index (χ4v) is 2.58. The number of halogens is 1. The number of fused-ring (bicyclic) bond motifs is 1. The highest BCUT2D eigenvalue weighted by Crippen LogP contribution is 2.26. The average molecular weight is 272 g/mol. The van der Waals surface area contributed by atoms with Crippen molar-refractivity contribution in [1.29, 1.82) is 0 Å². The third-order valence-corrected chi connectivity index (χ3v) is 3.34. The minimum atomic E-state index is 0.474. The maximum atomic E-state index is 6.07. The molecule has 0 unspecified atom stereocenters. The maximum absolute atomic E-state index is 6.07. The molecule has 0 amide bonds. The zero-order chi connectivity index (χ0) is 13.6. The standard InChI is InChI=1S/C15H14ClN3/c1-9-5-10(2)7-12(6-9)19-14-8-11(16)3-4-13(14)18-15(19)17/h3-8H,1-2H3,(H2,17,18). The molecule has 19 heavy (non-hydrogen) atoms. The molecule has 0 radical (unpaired) electrons. The SMILES string of the molecule is Cc1cc(C)cc(-n2c(N)nc3ccc(Cl)cc32)c1. The first-order chi connectivity index (χ1) is 9.04. The third kappa shape index (κ3) is 2.06. The summed E-state index contributed by atoms with van der Waals surface area (Å²) in [5, 5.41) is 0.679. The number of aryl methyl sites for hydroxylation is 2. The van der Waals surface area contributed by atoms with E-state index in [0.29, 0.717) is 11.0 Å². The molecule has 0 saturated carbocycles. The van der Waals surface area contributed by atoms with Crippen molar-refractivity contribution in [1.82, 2.24) is 9.55 Å². The molecule has 3 nitrogen and oxygen atoms in total. The zero-order valence-corrected chi connectivity index (χ0v) is 11.6. The highest BCUT2D eigenvalue weighted by Gasteiger charge is 2.11. The average Bonchev–Trinajstić information content (AvgIpc) is 2.63. The largest absolute Gasteiger partial charge is 0.369 e. The van der Waals surface area contributed by atoms with Crippen LogP contribution in [0.3, 0.4) is 0 Å². The van der Waals surface area contributed by atoms with Crippen LogP contribution in [0, 0.1) is 13.8 Å². The van der Waals surface area contributed by atoms with Crippen LogP contribution in [0.4, 0.5) is 5.95 Å². The number of aromatic nitrogens is 2. The van der Waals surface area contributed by atoms with Crippen LogP contribution in [0.5, 0.6) is 0 Å². The number of hydrogen-bond acceptors (Lipinski definition) is 2. The molecule has 0 fully saturated rings. The second kappa shape index (κ2) is 4.28. The lowest BCUT2D eigenvalue weighted by Gasteiger charge is -2.09. The summed E-state index contributed by atoms with van der Waals surface area (Å²) in [5.74, 6) is 0.474. The Morgan fingerprint density at radius 3 is 2.42 bits per heavy atom. The van der Waals surface area contributed by atoms with E-state index in [1.54, 1.807) is 0 Å². The Balaban J connectivity index is 2.35. The molecule has 3 aromatic rings. The Kier molecular flexibility index (Phi) is 2.72. The molecule has 0 aliphatic carbocycles. The van der Waals surface area contributed by atoms with Crippen LogP contribution >= 0.6 is 11.6 Å². The van der Waals surface area contributed by atoms with Crippen LogP contribution in [-0.4, -0.2) is 9.55 Å². The van der Waals surface area contributed by atoms with Gasteiger partial charge in [-0.05, 0) is 55.3 Å². The molecule has 0 spiro atoms. The molecule has 2 N–H and O–H groups in total. The number of nitrogens with two attached hydrogens (primary N) is 1. The van der Waals surface area contributed by atoms with E-state index >= 15 is 0 Å². The van der Waals surface area contributed by atoms with E-state index in [2.05, 4.69) is 37.0 Å². The van der Waals surface area contributed by atoms with Crippen LogP contribution in [0.2, 0.25) is 5.02 Å². The van der Waals surface area contributed by atoms with Gasteiger partial charge >= 0.3 is 0 Å². The lowest BCUT2D eigenvalue weighted by molar-refractivity contribution is 1.10. The van der Waals surface area contributed by atoms with Crippen molar-refractivity contribution in [2.75, 3.05) is 5.73 Å². The van der Waals surface area contributed by atoms with Gasteiger partial charge in [0.1, 0.15) is 0 Å². The van der Waals surface area contributed by atoms with E-state index in [-0.39, 0.29) is 0 Å². The van der Waals surface area contributed by atoms with Crippen molar-refractivity contribution in [2.45, 2.75) is 13.8 Å².